The van der Waals surface area contributed by atoms with Crippen molar-refractivity contribution in [3.8, 4) is 0 Å². The second kappa shape index (κ2) is 7.18. The summed E-state index contributed by atoms with van der Waals surface area (Å²) >= 11 is 0. The third-order valence-corrected chi connectivity index (χ3v) is 4.84. The van der Waals surface area contributed by atoms with Gasteiger partial charge in [0.25, 0.3) is 0 Å². The molecule has 1 aromatic carbocycles. The van der Waals surface area contributed by atoms with E-state index in [9.17, 15) is 13.2 Å². The van der Waals surface area contributed by atoms with Crippen molar-refractivity contribution in [2.45, 2.75) is 0 Å². The first-order valence-electron chi connectivity index (χ1n) is 7.39. The van der Waals surface area contributed by atoms with Crippen LogP contribution in [0.5, 0.6) is 0 Å². The third-order valence-electron chi connectivity index (χ3n) is 3.70. The Labute approximate surface area is 137 Å². The molecule has 1 aliphatic rings. The highest BCUT2D eigenvalue weighted by atomic mass is 32.2. The van der Waals surface area contributed by atoms with Gasteiger partial charge in [0.2, 0.25) is 15.9 Å². The SMILES string of the molecule is CN(C)c1ccc(N(CC(=O)N2CCOCC2)S(C)(=O)=O)cc1. The van der Waals surface area contributed by atoms with Crippen LogP contribution >= 0.6 is 0 Å². The molecule has 1 saturated heterocycles. The second-order valence-electron chi connectivity index (χ2n) is 5.67. The number of benzene rings is 1. The van der Waals surface area contributed by atoms with E-state index in [0.717, 1.165) is 16.2 Å². The van der Waals surface area contributed by atoms with Gasteiger partial charge in [-0.25, -0.2) is 8.42 Å². The van der Waals surface area contributed by atoms with E-state index in [1.165, 1.54) is 0 Å². The van der Waals surface area contributed by atoms with E-state index in [1.807, 2.05) is 31.1 Å². The zero-order valence-electron chi connectivity index (χ0n) is 13.7. The van der Waals surface area contributed by atoms with Crippen LogP contribution < -0.4 is 9.21 Å². The number of rotatable bonds is 5. The number of amides is 1. The van der Waals surface area contributed by atoms with Crippen LogP contribution in [-0.2, 0) is 19.6 Å². The van der Waals surface area contributed by atoms with Crippen LogP contribution in [0.15, 0.2) is 24.3 Å². The highest BCUT2D eigenvalue weighted by molar-refractivity contribution is 7.92. The number of morpholine rings is 1. The van der Waals surface area contributed by atoms with Crippen molar-refractivity contribution in [2.75, 3.05) is 62.4 Å². The molecule has 1 aliphatic heterocycles. The summed E-state index contributed by atoms with van der Waals surface area (Å²) in [6.45, 7) is 1.77. The molecule has 1 fully saturated rings. The Hall–Kier alpha value is -1.80. The molecule has 2 rings (SSSR count). The smallest absolute Gasteiger partial charge is 0.243 e. The van der Waals surface area contributed by atoms with Gasteiger partial charge in [0.05, 0.1) is 25.2 Å². The van der Waals surface area contributed by atoms with Crippen molar-refractivity contribution in [1.29, 1.82) is 0 Å². The minimum atomic E-state index is -3.54. The van der Waals surface area contributed by atoms with Gasteiger partial charge in [-0.15, -0.1) is 0 Å². The Kier molecular flexibility index (Phi) is 5.48. The number of carbonyl (C=O) groups excluding carboxylic acids is 1. The van der Waals surface area contributed by atoms with Crippen molar-refractivity contribution in [3.63, 3.8) is 0 Å². The van der Waals surface area contributed by atoms with E-state index in [-0.39, 0.29) is 12.5 Å². The molecular weight excluding hydrogens is 318 g/mol. The van der Waals surface area contributed by atoms with Crippen LogP contribution in [-0.4, -0.2) is 72.4 Å². The second-order valence-corrected chi connectivity index (χ2v) is 7.58. The van der Waals surface area contributed by atoms with Gasteiger partial charge in [-0.3, -0.25) is 9.10 Å². The normalized spacial score (nSPS) is 15.3. The van der Waals surface area contributed by atoms with Crippen molar-refractivity contribution in [2.24, 2.45) is 0 Å². The number of hydrogen-bond donors (Lipinski definition) is 0. The molecular formula is C15H23N3O4S. The van der Waals surface area contributed by atoms with Gasteiger partial charge in [0.15, 0.2) is 0 Å². The van der Waals surface area contributed by atoms with Crippen molar-refractivity contribution in [1.82, 2.24) is 4.90 Å². The van der Waals surface area contributed by atoms with E-state index in [1.54, 1.807) is 17.0 Å². The zero-order valence-corrected chi connectivity index (χ0v) is 14.5. The molecule has 0 radical (unpaired) electrons. The highest BCUT2D eigenvalue weighted by Crippen LogP contribution is 2.21. The molecule has 1 amide bonds. The molecule has 0 bridgehead atoms. The fraction of sp³-hybridized carbons (Fsp3) is 0.533. The summed E-state index contributed by atoms with van der Waals surface area (Å²) in [5.41, 5.74) is 1.45. The van der Waals surface area contributed by atoms with E-state index < -0.39 is 10.0 Å². The third kappa shape index (κ3) is 4.59. The fourth-order valence-corrected chi connectivity index (χ4v) is 3.20. The van der Waals surface area contributed by atoms with Crippen LogP contribution in [0.25, 0.3) is 0 Å². The molecule has 0 atom stereocenters. The molecule has 0 N–H and O–H groups in total. The molecule has 1 aromatic rings. The number of sulfonamides is 1. The lowest BCUT2D eigenvalue weighted by Crippen LogP contribution is -2.47. The number of anilines is 2. The van der Waals surface area contributed by atoms with Gasteiger partial charge < -0.3 is 14.5 Å². The highest BCUT2D eigenvalue weighted by Gasteiger charge is 2.25. The van der Waals surface area contributed by atoms with E-state index in [2.05, 4.69) is 0 Å². The van der Waals surface area contributed by atoms with Gasteiger partial charge in [0.1, 0.15) is 6.54 Å². The Morgan fingerprint density at radius 2 is 1.65 bits per heavy atom. The lowest BCUT2D eigenvalue weighted by atomic mass is 10.2. The van der Waals surface area contributed by atoms with E-state index >= 15 is 0 Å². The first-order chi connectivity index (χ1) is 10.8. The standard InChI is InChI=1S/C15H23N3O4S/c1-16(2)13-4-6-14(7-5-13)18(23(3,20)21)12-15(19)17-8-10-22-11-9-17/h4-7H,8-12H2,1-3H3. The summed E-state index contributed by atoms with van der Waals surface area (Å²) in [6, 6.07) is 7.07. The van der Waals surface area contributed by atoms with Crippen LogP contribution in [0.2, 0.25) is 0 Å². The van der Waals surface area contributed by atoms with Gasteiger partial charge in [-0.05, 0) is 24.3 Å². The van der Waals surface area contributed by atoms with E-state index in [4.69, 9.17) is 4.74 Å². The molecule has 0 aliphatic carbocycles. The van der Waals surface area contributed by atoms with Gasteiger partial charge in [-0.1, -0.05) is 0 Å². The first-order valence-corrected chi connectivity index (χ1v) is 9.24. The minimum Gasteiger partial charge on any atom is -0.378 e. The summed E-state index contributed by atoms with van der Waals surface area (Å²) < 4.78 is 30.5. The Morgan fingerprint density at radius 1 is 1.13 bits per heavy atom. The predicted molar refractivity (Wildman–Crippen MR) is 90.4 cm³/mol. The summed E-state index contributed by atoms with van der Waals surface area (Å²) in [5, 5.41) is 0. The van der Waals surface area contributed by atoms with Gasteiger partial charge in [-0.2, -0.15) is 0 Å². The number of ether oxygens (including phenoxy) is 1. The number of nitrogens with zero attached hydrogens (tertiary/aromatic N) is 3. The lowest BCUT2D eigenvalue weighted by Gasteiger charge is -2.30. The van der Waals surface area contributed by atoms with Crippen LogP contribution in [0.3, 0.4) is 0 Å². The summed E-state index contributed by atoms with van der Waals surface area (Å²) in [7, 11) is 0.272. The van der Waals surface area contributed by atoms with Crippen molar-refractivity contribution >= 4 is 27.3 Å². The molecule has 8 heteroatoms. The maximum absolute atomic E-state index is 12.4. The van der Waals surface area contributed by atoms with Crippen LogP contribution in [0, 0.1) is 0 Å². The fourth-order valence-electron chi connectivity index (χ4n) is 2.35. The summed E-state index contributed by atoms with van der Waals surface area (Å²) in [6.07, 6.45) is 1.11. The minimum absolute atomic E-state index is 0.194. The summed E-state index contributed by atoms with van der Waals surface area (Å²) in [4.78, 5) is 15.9. The first kappa shape index (κ1) is 17.6. The molecule has 0 aromatic heterocycles. The average molecular weight is 341 g/mol. The topological polar surface area (TPSA) is 70.2 Å². The largest absolute Gasteiger partial charge is 0.378 e. The monoisotopic (exact) mass is 341 g/mol. The molecule has 0 unspecified atom stereocenters. The van der Waals surface area contributed by atoms with Crippen LogP contribution in [0.1, 0.15) is 0 Å². The number of carbonyl (C=O) groups is 1. The Morgan fingerprint density at radius 3 is 2.13 bits per heavy atom. The van der Waals surface area contributed by atoms with Gasteiger partial charge >= 0.3 is 0 Å². The maximum Gasteiger partial charge on any atom is 0.243 e. The van der Waals surface area contributed by atoms with Crippen molar-refractivity contribution < 1.29 is 17.9 Å². The molecule has 1 heterocycles. The van der Waals surface area contributed by atoms with Crippen molar-refractivity contribution in [3.05, 3.63) is 24.3 Å². The van der Waals surface area contributed by atoms with Crippen LogP contribution in [0.4, 0.5) is 11.4 Å². The Bertz CT molecular complexity index is 637. The number of hydrogen-bond acceptors (Lipinski definition) is 5. The molecule has 0 saturated carbocycles. The predicted octanol–water partition coefficient (Wildman–Crippen LogP) is 0.377. The molecule has 0 spiro atoms. The van der Waals surface area contributed by atoms with E-state index in [0.29, 0.717) is 32.0 Å². The quantitative estimate of drug-likeness (QED) is 0.774. The Balaban J connectivity index is 2.18. The average Bonchev–Trinajstić information content (AvgIpc) is 2.52. The lowest BCUT2D eigenvalue weighted by molar-refractivity contribution is -0.133. The molecule has 23 heavy (non-hydrogen) atoms. The maximum atomic E-state index is 12.4. The molecule has 7 nitrogen and oxygen atoms in total. The molecule has 128 valence electrons. The van der Waals surface area contributed by atoms with Gasteiger partial charge in [0, 0.05) is 32.9 Å². The summed E-state index contributed by atoms with van der Waals surface area (Å²) in [5.74, 6) is -0.213. The zero-order chi connectivity index (χ0) is 17.0.